The number of ether oxygens (including phenoxy) is 8. The van der Waals surface area contributed by atoms with Gasteiger partial charge in [-0.05, 0) is 267 Å². The molecular weight excluding hydrogens is 1920 g/mol. The smallest absolute Gasteiger partial charge is 0.412 e. The molecule has 0 saturated heterocycles. The van der Waals surface area contributed by atoms with E-state index in [0.29, 0.717) is 89.7 Å². The maximum Gasteiger partial charge on any atom is 0.412 e. The zero-order valence-corrected chi connectivity index (χ0v) is 84.3. The van der Waals surface area contributed by atoms with Crippen LogP contribution in [0.5, 0.6) is 0 Å². The fourth-order valence-corrected chi connectivity index (χ4v) is 11.4. The zero-order valence-electron chi connectivity index (χ0n) is 82.7. The minimum Gasteiger partial charge on any atom is -0.481 e. The first-order valence-electron chi connectivity index (χ1n) is 44.8. The number of anilines is 5. The summed E-state index contributed by atoms with van der Waals surface area (Å²) in [5.41, 5.74) is 21.2. The number of carbonyl (C=O) groups excluding carboxylic acids is 10. The zero-order chi connectivity index (χ0) is 108. The highest BCUT2D eigenvalue weighted by molar-refractivity contribution is 9.10. The van der Waals surface area contributed by atoms with Gasteiger partial charge in [-0.25, -0.2) is 38.4 Å². The average molecular weight is 2050 g/mol. The van der Waals surface area contributed by atoms with Crippen LogP contribution in [0.15, 0.2) is 247 Å². The van der Waals surface area contributed by atoms with Crippen LogP contribution in [0.3, 0.4) is 0 Å². The quantitative estimate of drug-likeness (QED) is 0.00282. The molecule has 10 aromatic carbocycles. The molecule has 3 amide bonds. The van der Waals surface area contributed by atoms with Gasteiger partial charge in [0.1, 0.15) is 28.9 Å². The number of benzene rings is 10. The van der Waals surface area contributed by atoms with Crippen molar-refractivity contribution in [2.24, 2.45) is 0 Å². The second kappa shape index (κ2) is 73.2. The minimum atomic E-state index is -0.786. The number of halogens is 1. The van der Waals surface area contributed by atoms with Gasteiger partial charge >= 0.3 is 54.0 Å². The molecule has 144 heavy (non-hydrogen) atoms. The third-order valence-electron chi connectivity index (χ3n) is 18.3. The van der Waals surface area contributed by atoms with Crippen molar-refractivity contribution in [3.8, 4) is 24.2 Å². The number of aliphatic carboxylic acids is 1. The normalized spacial score (nSPS) is 9.83. The van der Waals surface area contributed by atoms with Crippen LogP contribution in [0.4, 0.5) is 49.4 Å². The molecule has 36 heteroatoms. The van der Waals surface area contributed by atoms with Crippen LogP contribution in [0, 0.1) is 44.4 Å². The number of nitrogens with one attached hydrogen (secondary N) is 3. The molecule has 0 saturated carbocycles. The largest absolute Gasteiger partial charge is 0.481 e. The maximum absolute atomic E-state index is 12.0. The fraction of sp³-hybridized carbons (Fsp3) is 0.306. The molecule has 0 aromatic heterocycles. The number of carboxylic acid groups (broad SMARTS) is 1. The molecule has 10 aromatic rings. The molecule has 0 aliphatic heterocycles. The first-order chi connectivity index (χ1) is 68.6. The summed E-state index contributed by atoms with van der Waals surface area (Å²) in [4.78, 5) is 142. The molecule has 770 valence electrons. The van der Waals surface area contributed by atoms with E-state index in [-0.39, 0.29) is 97.3 Å². The number of hydrogen-bond donors (Lipinski definition) is 10. The molecule has 35 nitrogen and oxygen atoms in total. The lowest BCUT2D eigenvalue weighted by Gasteiger charge is -2.20. The van der Waals surface area contributed by atoms with Gasteiger partial charge in [0.2, 0.25) is 5.91 Å². The van der Waals surface area contributed by atoms with Crippen molar-refractivity contribution < 1.29 is 126 Å². The second-order valence-electron chi connectivity index (χ2n) is 31.8. The number of carboxylic acids is 1. The molecule has 0 fully saturated rings. The fourth-order valence-electron chi connectivity index (χ4n) is 11.2. The van der Waals surface area contributed by atoms with E-state index >= 15 is 0 Å². The third-order valence-corrected chi connectivity index (χ3v) is 18.8. The summed E-state index contributed by atoms with van der Waals surface area (Å²) in [6.45, 7) is 11.1. The summed E-state index contributed by atoms with van der Waals surface area (Å²) in [5, 5.41) is 71.1. The Morgan fingerprint density at radius 1 is 0.396 bits per heavy atom. The lowest BCUT2D eigenvalue weighted by Crippen LogP contribution is -2.27. The number of methoxy groups -OCH3 is 6. The van der Waals surface area contributed by atoms with Gasteiger partial charge in [-0.3, -0.25) is 40.5 Å². The van der Waals surface area contributed by atoms with E-state index in [9.17, 15) is 73.0 Å². The molecule has 0 aliphatic carbocycles. The van der Waals surface area contributed by atoms with Crippen LogP contribution < -0.4 is 27.4 Å². The number of aliphatic hydroxyl groups excluding tert-OH is 4. The van der Waals surface area contributed by atoms with Crippen molar-refractivity contribution >= 4 is 122 Å². The van der Waals surface area contributed by atoms with Crippen LogP contribution in [0.25, 0.3) is 0 Å². The molecule has 12 N–H and O–H groups in total. The van der Waals surface area contributed by atoms with E-state index in [1.54, 1.807) is 181 Å². The molecule has 0 unspecified atom stereocenters. The number of nitrogen functional groups attached to an aromatic ring is 2. The van der Waals surface area contributed by atoms with E-state index in [4.69, 9.17) is 52.9 Å². The highest BCUT2D eigenvalue weighted by atomic mass is 79.9. The Morgan fingerprint density at radius 3 is 1.06 bits per heavy atom. The number of amides is 3. The first-order valence-corrected chi connectivity index (χ1v) is 45.6. The molecule has 0 heterocycles. The van der Waals surface area contributed by atoms with Crippen LogP contribution in [-0.4, -0.2) is 182 Å². The van der Waals surface area contributed by atoms with E-state index in [2.05, 4.69) is 78.1 Å². The first kappa shape index (κ1) is 126. The Morgan fingerprint density at radius 2 is 0.729 bits per heavy atom. The van der Waals surface area contributed by atoms with E-state index in [1.165, 1.54) is 78.6 Å². The van der Waals surface area contributed by atoms with Gasteiger partial charge < -0.3 is 85.0 Å². The Hall–Kier alpha value is -16.0. The third kappa shape index (κ3) is 57.5. The molecule has 10 rings (SSSR count). The van der Waals surface area contributed by atoms with Crippen molar-refractivity contribution in [2.75, 3.05) is 96.5 Å². The standard InChI is InChI=1S/C20H23NO4.C12H14O4.C12H16O3.C12H14O3.C12H12O3.C11H14N2O4.C11H16N2O2.C8H7BrO2.C6H6N2O2.C4H6O/c1-25-20(24)17-9-5-15(6-10-17)3-2-4-19(23)21-18-11-7-16(8-12-18)13-14-22;1-16-12(15)10-7-5-9(6-8-10)3-2-4-11(13)14;3*1-15-12(14)11-7-5-10(6-8-11)4-2-3-9-13;1-11(2,3)17-10(14)12-8-6-4-5-7-9(8)13(15)16;1-11(2,3)15-10(14)13-9-7-5-4-6-8(9)12;1-11-8(10)6-2-4-7(9)5-3-6;7-5-3-1-2-4-6(5)8(9)10;1-2-3-4-5/h5-12,22H,2-4,13-14H2,1H3,(H,21,23);5-8H,2-4H2,1H3,(H,13,14);5-8,13H,2-4,9H2,1H3;5-9H,2-4H2,1H3;5-8,13H,3,9H2,1H3;4-7H,1-3H3,(H,12,14);4-7H,12H2,1-3H3,(H,13,14);2-5H,1H3;1-4H,7H2;1,5H,3-4H2. The summed E-state index contributed by atoms with van der Waals surface area (Å²) in [7, 11) is 8.14. The molecule has 0 radical (unpaired) electrons. The number of terminal acetylenes is 1. The SMILES string of the molecule is C#CCCO.CC(C)(C)OC(=O)Nc1ccccc1N.CC(C)(C)OC(=O)Nc1ccccc1[N+](=O)[O-].COC(=O)c1ccc(Br)cc1.COC(=O)c1ccc(C#CCCO)cc1.COC(=O)c1ccc(CCCC(=O)Nc2ccc(CCO)cc2)cc1.COC(=O)c1ccc(CCCC(=O)O)cc1.COC(=O)c1ccc(CCCC=O)cc1.COC(=O)c1ccc(CCCCO)cc1.Nc1ccccc1[N+](=O)[O-]. The molecule has 0 atom stereocenters. The van der Waals surface area contributed by atoms with Gasteiger partial charge in [-0.1, -0.05) is 125 Å². The minimum absolute atomic E-state index is 0.0268. The van der Waals surface area contributed by atoms with Gasteiger partial charge in [0, 0.05) is 73.2 Å². The van der Waals surface area contributed by atoms with Crippen molar-refractivity contribution in [2.45, 2.75) is 149 Å². The van der Waals surface area contributed by atoms with E-state index < -0.39 is 39.2 Å². The van der Waals surface area contributed by atoms with Gasteiger partial charge in [-0.2, -0.15) is 0 Å². The summed E-state index contributed by atoms with van der Waals surface area (Å²) in [5.74, 6) is 5.11. The summed E-state index contributed by atoms with van der Waals surface area (Å²) < 4.78 is 38.6. The number of nitrogens with zero attached hydrogens (tertiary/aromatic N) is 2. The number of aldehydes is 1. The highest BCUT2D eigenvalue weighted by Crippen LogP contribution is 2.26. The highest BCUT2D eigenvalue weighted by Gasteiger charge is 2.22. The van der Waals surface area contributed by atoms with Crippen LogP contribution in [0.2, 0.25) is 0 Å². The number of nitro groups is 2. The predicted octanol–water partition coefficient (Wildman–Crippen LogP) is 18.8. The molecule has 0 spiro atoms. The maximum atomic E-state index is 12.0. The number of aryl methyl sites for hydroxylation is 4. The number of hydrogen-bond acceptors (Lipinski definition) is 29. The van der Waals surface area contributed by atoms with Gasteiger partial charge in [-0.15, -0.1) is 12.3 Å². The van der Waals surface area contributed by atoms with Gasteiger partial charge in [0.15, 0.2) is 0 Å². The van der Waals surface area contributed by atoms with Gasteiger partial charge in [0.05, 0.1) is 110 Å². The Bertz CT molecular complexity index is 5680. The monoisotopic (exact) mass is 2050 g/mol. The van der Waals surface area contributed by atoms with Crippen molar-refractivity contribution in [3.63, 3.8) is 0 Å². The average Bonchev–Trinajstić information content (AvgIpc) is 0.839. The van der Waals surface area contributed by atoms with Crippen molar-refractivity contribution in [1.29, 1.82) is 0 Å². The lowest BCUT2D eigenvalue weighted by molar-refractivity contribution is -0.384. The second-order valence-corrected chi connectivity index (χ2v) is 32.7. The number of carbonyl (C=O) groups is 11. The Kier molecular flexibility index (Phi) is 64.0. The lowest BCUT2D eigenvalue weighted by atomic mass is 10.1. The van der Waals surface area contributed by atoms with Gasteiger partial charge in [0.25, 0.3) is 11.4 Å². The van der Waals surface area contributed by atoms with Crippen LogP contribution in [-0.2, 0) is 84.4 Å². The predicted molar refractivity (Wildman–Crippen MR) is 553 cm³/mol. The number of aliphatic hydroxyl groups is 4. The summed E-state index contributed by atoms with van der Waals surface area (Å²) in [6, 6.07) is 69.1. The Balaban J connectivity index is 0.000000813. The number of rotatable bonds is 31. The van der Waals surface area contributed by atoms with Crippen LogP contribution in [0.1, 0.15) is 201 Å². The van der Waals surface area contributed by atoms with Crippen LogP contribution >= 0.6 is 15.9 Å². The number of esters is 6. The molecular formula is C108H128BrN7O28. The molecule has 0 aliphatic rings. The number of unbranched alkanes of at least 4 members (excludes halogenated alkanes) is 2. The Labute approximate surface area is 847 Å². The van der Waals surface area contributed by atoms with Crippen molar-refractivity contribution in [1.82, 2.24) is 0 Å². The van der Waals surface area contributed by atoms with Crippen molar-refractivity contribution in [3.05, 3.63) is 334 Å². The van der Waals surface area contributed by atoms with E-state index in [1.807, 2.05) is 72.8 Å². The summed E-state index contributed by atoms with van der Waals surface area (Å²) in [6.07, 6.45) is 14.4. The number of nitro benzene ring substituents is 2. The number of para-hydroxylation sites is 6. The number of nitrogens with two attached hydrogens (primary N) is 2. The topological polar surface area (TPSA) is 537 Å². The van der Waals surface area contributed by atoms with E-state index in [0.717, 1.165) is 89.2 Å². The molecule has 0 bridgehead atoms. The summed E-state index contributed by atoms with van der Waals surface area (Å²) >= 11 is 3.26.